The van der Waals surface area contributed by atoms with Crippen LogP contribution in [0.25, 0.3) is 5.52 Å². The minimum Gasteiger partial charge on any atom is -0.473 e. The number of halogens is 2. The van der Waals surface area contributed by atoms with Gasteiger partial charge in [-0.25, -0.2) is 26.9 Å². The van der Waals surface area contributed by atoms with Gasteiger partial charge < -0.3 is 4.74 Å². The molecule has 0 amide bonds. The van der Waals surface area contributed by atoms with Crippen LogP contribution in [0.1, 0.15) is 40.0 Å². The highest BCUT2D eigenvalue weighted by atomic mass is 32.2. The minimum atomic E-state index is -3.65. The molecule has 0 unspecified atom stereocenters. The number of fused-ring (bicyclic) bond motifs is 1. The average Bonchev–Trinajstić information content (AvgIpc) is 2.95. The molecule has 0 aliphatic carbocycles. The van der Waals surface area contributed by atoms with Crippen LogP contribution in [0.4, 0.5) is 8.78 Å². The third-order valence-electron chi connectivity index (χ3n) is 4.56. The monoisotopic (exact) mass is 437 g/mol. The number of Topliss-reactive ketones (excluding diaryl/α,β-unsaturated/α-hetero) is 1. The van der Waals surface area contributed by atoms with Gasteiger partial charge in [-0.1, -0.05) is 6.07 Å². The highest BCUT2D eigenvalue weighted by Gasteiger charge is 2.20. The Morgan fingerprint density at radius 2 is 1.87 bits per heavy atom. The van der Waals surface area contributed by atoms with Crippen LogP contribution in [-0.4, -0.2) is 29.6 Å². The molecule has 0 aliphatic heterocycles. The SMILES string of the molecule is Cc1cc(OCc2c(F)cccc2F)n2nc(C)c(C(=O)CCCS(N)(=O)=O)c2c1. The molecule has 0 atom stereocenters. The van der Waals surface area contributed by atoms with E-state index in [0.29, 0.717) is 16.8 Å². The van der Waals surface area contributed by atoms with E-state index in [9.17, 15) is 22.0 Å². The summed E-state index contributed by atoms with van der Waals surface area (Å²) >= 11 is 0. The number of carbonyl (C=O) groups is 1. The fraction of sp³-hybridized carbons (Fsp3) is 0.300. The van der Waals surface area contributed by atoms with E-state index in [1.54, 1.807) is 26.0 Å². The molecule has 7 nitrogen and oxygen atoms in total. The van der Waals surface area contributed by atoms with Crippen LogP contribution in [0.3, 0.4) is 0 Å². The van der Waals surface area contributed by atoms with Crippen LogP contribution in [0.5, 0.6) is 5.88 Å². The lowest BCUT2D eigenvalue weighted by Crippen LogP contribution is -2.17. The number of nitrogens with two attached hydrogens (primary N) is 1. The van der Waals surface area contributed by atoms with E-state index in [1.165, 1.54) is 10.6 Å². The standard InChI is InChI=1S/C20H21F2N3O4S/c1-12-9-17-20(18(26)7-4-8-30(23,27)28)13(2)24-25(17)19(10-12)29-11-14-15(21)5-3-6-16(14)22/h3,5-6,9-10H,4,7-8,11H2,1-2H3,(H2,23,27,28). The summed E-state index contributed by atoms with van der Waals surface area (Å²) in [4.78, 5) is 12.7. The maximum Gasteiger partial charge on any atom is 0.215 e. The van der Waals surface area contributed by atoms with E-state index in [0.717, 1.165) is 17.7 Å². The fourth-order valence-corrected chi connectivity index (χ4v) is 3.73. The number of benzene rings is 1. The van der Waals surface area contributed by atoms with Crippen LogP contribution in [0, 0.1) is 25.5 Å². The maximum atomic E-state index is 13.9. The van der Waals surface area contributed by atoms with Crippen LogP contribution < -0.4 is 9.88 Å². The lowest BCUT2D eigenvalue weighted by Gasteiger charge is -2.11. The van der Waals surface area contributed by atoms with E-state index < -0.39 is 21.7 Å². The maximum absolute atomic E-state index is 13.9. The predicted octanol–water partition coefficient (Wildman–Crippen LogP) is 3.06. The number of aryl methyl sites for hydroxylation is 2. The molecule has 0 radical (unpaired) electrons. The van der Waals surface area contributed by atoms with Gasteiger partial charge in [0.2, 0.25) is 15.9 Å². The number of sulfonamides is 1. The Hall–Kier alpha value is -2.85. The number of hydrogen-bond acceptors (Lipinski definition) is 5. The van der Waals surface area contributed by atoms with Gasteiger partial charge in [0.15, 0.2) is 5.78 Å². The van der Waals surface area contributed by atoms with Gasteiger partial charge >= 0.3 is 0 Å². The zero-order chi connectivity index (χ0) is 22.1. The fourth-order valence-electron chi connectivity index (χ4n) is 3.18. The van der Waals surface area contributed by atoms with Gasteiger partial charge in [-0.2, -0.15) is 5.10 Å². The molecular formula is C20H21F2N3O4S. The summed E-state index contributed by atoms with van der Waals surface area (Å²) in [7, 11) is -3.65. The predicted molar refractivity (Wildman–Crippen MR) is 107 cm³/mol. The van der Waals surface area contributed by atoms with Crippen molar-refractivity contribution in [2.75, 3.05) is 5.75 Å². The van der Waals surface area contributed by atoms with Crippen molar-refractivity contribution in [3.8, 4) is 5.88 Å². The summed E-state index contributed by atoms with van der Waals surface area (Å²) in [5.41, 5.74) is 1.79. The first-order valence-corrected chi connectivity index (χ1v) is 10.9. The molecule has 2 N–H and O–H groups in total. The van der Waals surface area contributed by atoms with E-state index >= 15 is 0 Å². The first-order chi connectivity index (χ1) is 14.1. The van der Waals surface area contributed by atoms with Crippen molar-refractivity contribution in [1.29, 1.82) is 0 Å². The van der Waals surface area contributed by atoms with Crippen molar-refractivity contribution in [3.63, 3.8) is 0 Å². The second-order valence-corrected chi connectivity index (χ2v) is 8.74. The largest absolute Gasteiger partial charge is 0.473 e. The van der Waals surface area contributed by atoms with E-state index in [4.69, 9.17) is 9.88 Å². The summed E-state index contributed by atoms with van der Waals surface area (Å²) in [5.74, 6) is -1.79. The number of nitrogens with zero attached hydrogens (tertiary/aromatic N) is 2. The lowest BCUT2D eigenvalue weighted by atomic mass is 10.1. The average molecular weight is 437 g/mol. The third kappa shape index (κ3) is 4.82. The Kier molecular flexibility index (Phi) is 6.18. The summed E-state index contributed by atoms with van der Waals surface area (Å²) < 4.78 is 57.0. The topological polar surface area (TPSA) is 104 Å². The first kappa shape index (κ1) is 21.8. The quantitative estimate of drug-likeness (QED) is 0.546. The second kappa shape index (κ2) is 8.49. The molecule has 0 aliphatic rings. The number of aromatic nitrogens is 2. The Morgan fingerprint density at radius 1 is 1.20 bits per heavy atom. The van der Waals surface area contributed by atoms with Gasteiger partial charge in [-0.3, -0.25) is 4.79 Å². The van der Waals surface area contributed by atoms with Gasteiger partial charge in [0.1, 0.15) is 18.2 Å². The zero-order valence-corrected chi connectivity index (χ0v) is 17.3. The van der Waals surface area contributed by atoms with Gasteiger partial charge in [0, 0.05) is 12.5 Å². The molecule has 0 spiro atoms. The van der Waals surface area contributed by atoms with Crippen molar-refractivity contribution in [1.82, 2.24) is 9.61 Å². The smallest absolute Gasteiger partial charge is 0.215 e. The highest BCUT2D eigenvalue weighted by molar-refractivity contribution is 7.89. The Bertz CT molecular complexity index is 1200. The van der Waals surface area contributed by atoms with Crippen molar-refractivity contribution < 1.29 is 26.7 Å². The van der Waals surface area contributed by atoms with Crippen molar-refractivity contribution in [2.24, 2.45) is 5.14 Å². The molecule has 0 saturated carbocycles. The molecule has 2 heterocycles. The van der Waals surface area contributed by atoms with Gasteiger partial charge in [-0.05, 0) is 44.0 Å². The molecule has 1 aromatic carbocycles. The molecule has 3 rings (SSSR count). The van der Waals surface area contributed by atoms with E-state index in [1.807, 2.05) is 0 Å². The number of ether oxygens (including phenoxy) is 1. The molecule has 0 saturated heterocycles. The molecule has 0 bridgehead atoms. The molecule has 30 heavy (non-hydrogen) atoms. The third-order valence-corrected chi connectivity index (χ3v) is 5.42. The van der Waals surface area contributed by atoms with Gasteiger partial charge in [-0.15, -0.1) is 0 Å². The number of pyridine rings is 1. The highest BCUT2D eigenvalue weighted by Crippen LogP contribution is 2.26. The number of ketones is 1. The van der Waals surface area contributed by atoms with Gasteiger partial charge in [0.05, 0.1) is 28.1 Å². The molecule has 0 fully saturated rings. The number of rotatable bonds is 8. The summed E-state index contributed by atoms with van der Waals surface area (Å²) in [6.07, 6.45) is 0.0827. The van der Waals surface area contributed by atoms with Crippen LogP contribution in [0.15, 0.2) is 30.3 Å². The van der Waals surface area contributed by atoms with Crippen LogP contribution in [-0.2, 0) is 16.6 Å². The summed E-state index contributed by atoms with van der Waals surface area (Å²) in [6.45, 7) is 3.08. The lowest BCUT2D eigenvalue weighted by molar-refractivity contribution is 0.0983. The zero-order valence-electron chi connectivity index (χ0n) is 16.5. The number of primary sulfonamides is 1. The van der Waals surface area contributed by atoms with Crippen molar-refractivity contribution in [2.45, 2.75) is 33.3 Å². The minimum absolute atomic E-state index is 0.0107. The van der Waals surface area contributed by atoms with Crippen LogP contribution >= 0.6 is 0 Å². The summed E-state index contributed by atoms with van der Waals surface area (Å²) in [6, 6.07) is 6.94. The molecular weight excluding hydrogens is 416 g/mol. The summed E-state index contributed by atoms with van der Waals surface area (Å²) in [5, 5.41) is 9.31. The van der Waals surface area contributed by atoms with E-state index in [-0.39, 0.29) is 42.4 Å². The Balaban J connectivity index is 1.91. The van der Waals surface area contributed by atoms with Crippen LogP contribution in [0.2, 0.25) is 0 Å². The Morgan fingerprint density at radius 3 is 2.50 bits per heavy atom. The van der Waals surface area contributed by atoms with Gasteiger partial charge in [0.25, 0.3) is 0 Å². The molecule has 3 aromatic rings. The van der Waals surface area contributed by atoms with Crippen molar-refractivity contribution in [3.05, 3.63) is 64.4 Å². The molecule has 160 valence electrons. The van der Waals surface area contributed by atoms with E-state index in [2.05, 4.69) is 5.10 Å². The number of hydrogen-bond donors (Lipinski definition) is 1. The van der Waals surface area contributed by atoms with Crippen molar-refractivity contribution >= 4 is 21.3 Å². The molecule has 10 heteroatoms. The second-order valence-electron chi connectivity index (χ2n) is 7.01. The number of carbonyl (C=O) groups excluding carboxylic acids is 1. The Labute approximate surface area is 172 Å². The molecule has 2 aromatic heterocycles. The normalized spacial score (nSPS) is 11.8. The first-order valence-electron chi connectivity index (χ1n) is 9.16.